The molecule has 1 unspecified atom stereocenters. The molecule has 1 atom stereocenters. The predicted molar refractivity (Wildman–Crippen MR) is 77.7 cm³/mol. The third-order valence-corrected chi connectivity index (χ3v) is 3.95. The molecule has 1 aliphatic heterocycles. The average Bonchev–Trinajstić information content (AvgIpc) is 2.45. The zero-order valence-corrected chi connectivity index (χ0v) is 11.5. The van der Waals surface area contributed by atoms with Gasteiger partial charge in [0.15, 0.2) is 0 Å². The van der Waals surface area contributed by atoms with E-state index in [4.69, 9.17) is 11.6 Å². The average molecular weight is 294 g/mol. The Labute approximate surface area is 121 Å². The van der Waals surface area contributed by atoms with Crippen LogP contribution in [-0.2, 0) is 6.42 Å². The van der Waals surface area contributed by atoms with Crippen LogP contribution in [0, 0.1) is 0 Å². The molecule has 0 fully saturated rings. The van der Waals surface area contributed by atoms with Gasteiger partial charge in [-0.1, -0.05) is 41.9 Å². The summed E-state index contributed by atoms with van der Waals surface area (Å²) in [5.41, 5.74) is 2.47. The lowest BCUT2D eigenvalue weighted by atomic mass is 9.92. The number of hydrogen-bond acceptors (Lipinski definition) is 1. The molecule has 0 amide bonds. The van der Waals surface area contributed by atoms with Crippen molar-refractivity contribution in [1.82, 2.24) is 0 Å². The van der Waals surface area contributed by atoms with Gasteiger partial charge in [-0.25, -0.2) is 8.78 Å². The van der Waals surface area contributed by atoms with Crippen LogP contribution < -0.4 is 4.90 Å². The number of rotatable bonds is 2. The standard InChI is InChI=1S/C16H14ClF2N/c17-12-5-3-6-13(10-12)20-9-8-11-4-1-2-7-14(11)15(20)16(18)19/h1-7,10,15-16H,8-9H2. The highest BCUT2D eigenvalue weighted by atomic mass is 35.5. The van der Waals surface area contributed by atoms with Gasteiger partial charge >= 0.3 is 0 Å². The summed E-state index contributed by atoms with van der Waals surface area (Å²) in [4.78, 5) is 1.75. The van der Waals surface area contributed by atoms with E-state index >= 15 is 0 Å². The quantitative estimate of drug-likeness (QED) is 0.775. The van der Waals surface area contributed by atoms with E-state index in [9.17, 15) is 8.78 Å². The number of alkyl halides is 2. The van der Waals surface area contributed by atoms with Gasteiger partial charge in [0.25, 0.3) is 6.43 Å². The Hall–Kier alpha value is -1.61. The molecule has 3 rings (SSSR count). The van der Waals surface area contributed by atoms with E-state index in [0.717, 1.165) is 17.7 Å². The zero-order valence-electron chi connectivity index (χ0n) is 10.8. The van der Waals surface area contributed by atoms with Crippen molar-refractivity contribution >= 4 is 17.3 Å². The maximum Gasteiger partial charge on any atom is 0.262 e. The van der Waals surface area contributed by atoms with E-state index in [0.29, 0.717) is 17.1 Å². The molecule has 0 N–H and O–H groups in total. The number of hydrogen-bond donors (Lipinski definition) is 0. The Bertz CT molecular complexity index is 615. The van der Waals surface area contributed by atoms with Crippen LogP contribution in [0.5, 0.6) is 0 Å². The molecule has 1 nitrogen and oxygen atoms in total. The van der Waals surface area contributed by atoms with Crippen molar-refractivity contribution in [2.24, 2.45) is 0 Å². The van der Waals surface area contributed by atoms with Crippen molar-refractivity contribution in [2.75, 3.05) is 11.4 Å². The van der Waals surface area contributed by atoms with Crippen LogP contribution >= 0.6 is 11.6 Å². The molecule has 0 aliphatic carbocycles. The Morgan fingerprint density at radius 1 is 1.10 bits per heavy atom. The molecule has 1 aliphatic rings. The molecule has 2 aromatic carbocycles. The van der Waals surface area contributed by atoms with E-state index in [2.05, 4.69) is 0 Å². The largest absolute Gasteiger partial charge is 0.359 e. The second-order valence-electron chi connectivity index (χ2n) is 4.90. The molecular weight excluding hydrogens is 280 g/mol. The van der Waals surface area contributed by atoms with E-state index < -0.39 is 12.5 Å². The van der Waals surface area contributed by atoms with Crippen LogP contribution in [0.15, 0.2) is 48.5 Å². The van der Waals surface area contributed by atoms with Gasteiger partial charge in [0, 0.05) is 17.3 Å². The van der Waals surface area contributed by atoms with Crippen LogP contribution in [0.1, 0.15) is 17.2 Å². The third-order valence-electron chi connectivity index (χ3n) is 3.71. The van der Waals surface area contributed by atoms with Crippen molar-refractivity contribution in [2.45, 2.75) is 18.9 Å². The van der Waals surface area contributed by atoms with Gasteiger partial charge in [-0.05, 0) is 35.7 Å². The smallest absolute Gasteiger partial charge is 0.262 e. The van der Waals surface area contributed by atoms with Crippen LogP contribution in [0.4, 0.5) is 14.5 Å². The summed E-state index contributed by atoms with van der Waals surface area (Å²) >= 11 is 5.98. The second kappa shape index (κ2) is 5.41. The highest BCUT2D eigenvalue weighted by molar-refractivity contribution is 6.30. The molecule has 0 bridgehead atoms. The van der Waals surface area contributed by atoms with Crippen LogP contribution in [0.2, 0.25) is 5.02 Å². The molecule has 0 aromatic heterocycles. The van der Waals surface area contributed by atoms with Crippen LogP contribution in [0.3, 0.4) is 0 Å². The van der Waals surface area contributed by atoms with Gasteiger partial charge in [0.05, 0.1) is 0 Å². The summed E-state index contributed by atoms with van der Waals surface area (Å²) in [5.74, 6) is 0. The molecule has 0 spiro atoms. The first-order valence-corrected chi connectivity index (χ1v) is 6.93. The highest BCUT2D eigenvalue weighted by Gasteiger charge is 2.34. The van der Waals surface area contributed by atoms with Crippen LogP contribution in [-0.4, -0.2) is 13.0 Å². The fraction of sp³-hybridized carbons (Fsp3) is 0.250. The number of halogens is 3. The van der Waals surface area contributed by atoms with Crippen LogP contribution in [0.25, 0.3) is 0 Å². The van der Waals surface area contributed by atoms with E-state index in [1.807, 2.05) is 24.3 Å². The number of benzene rings is 2. The molecular formula is C16H14ClF2N. The van der Waals surface area contributed by atoms with Gasteiger partial charge in [-0.2, -0.15) is 0 Å². The molecule has 4 heteroatoms. The molecule has 104 valence electrons. The zero-order chi connectivity index (χ0) is 14.1. The minimum atomic E-state index is -2.43. The topological polar surface area (TPSA) is 3.24 Å². The Balaban J connectivity index is 2.04. The van der Waals surface area contributed by atoms with Crippen molar-refractivity contribution in [3.63, 3.8) is 0 Å². The lowest BCUT2D eigenvalue weighted by Crippen LogP contribution is -2.39. The first-order valence-electron chi connectivity index (χ1n) is 6.55. The SMILES string of the molecule is FC(F)C1c2ccccc2CCN1c1cccc(Cl)c1. The van der Waals surface area contributed by atoms with Gasteiger partial charge in [-0.3, -0.25) is 0 Å². The number of nitrogens with zero attached hydrogens (tertiary/aromatic N) is 1. The lowest BCUT2D eigenvalue weighted by Gasteiger charge is -2.38. The highest BCUT2D eigenvalue weighted by Crippen LogP contribution is 2.38. The summed E-state index contributed by atoms with van der Waals surface area (Å²) in [6.07, 6.45) is -1.67. The summed E-state index contributed by atoms with van der Waals surface area (Å²) < 4.78 is 27.1. The monoisotopic (exact) mass is 293 g/mol. The fourth-order valence-electron chi connectivity index (χ4n) is 2.81. The molecule has 1 heterocycles. The normalized spacial score (nSPS) is 18.2. The second-order valence-corrected chi connectivity index (χ2v) is 5.34. The van der Waals surface area contributed by atoms with Crippen molar-refractivity contribution in [1.29, 1.82) is 0 Å². The minimum absolute atomic E-state index is 0.564. The van der Waals surface area contributed by atoms with Crippen molar-refractivity contribution in [3.8, 4) is 0 Å². The van der Waals surface area contributed by atoms with E-state index in [1.54, 1.807) is 29.2 Å². The fourth-order valence-corrected chi connectivity index (χ4v) is 3.00. The maximum atomic E-state index is 13.6. The minimum Gasteiger partial charge on any atom is -0.359 e. The lowest BCUT2D eigenvalue weighted by molar-refractivity contribution is 0.109. The van der Waals surface area contributed by atoms with Gasteiger partial charge in [0.1, 0.15) is 6.04 Å². The molecule has 0 saturated heterocycles. The number of anilines is 1. The van der Waals surface area contributed by atoms with E-state index in [-0.39, 0.29) is 0 Å². The summed E-state index contributed by atoms with van der Waals surface area (Å²) in [6, 6.07) is 13.6. The first-order chi connectivity index (χ1) is 9.66. The van der Waals surface area contributed by atoms with Gasteiger partial charge in [0.2, 0.25) is 0 Å². The third kappa shape index (κ3) is 2.38. The Kier molecular flexibility index (Phi) is 3.62. The van der Waals surface area contributed by atoms with Gasteiger partial charge < -0.3 is 4.90 Å². The summed E-state index contributed by atoms with van der Waals surface area (Å²) in [6.45, 7) is 0.576. The van der Waals surface area contributed by atoms with Crippen molar-refractivity contribution in [3.05, 3.63) is 64.7 Å². The van der Waals surface area contributed by atoms with Gasteiger partial charge in [-0.15, -0.1) is 0 Å². The molecule has 20 heavy (non-hydrogen) atoms. The molecule has 2 aromatic rings. The Morgan fingerprint density at radius 3 is 2.65 bits per heavy atom. The molecule has 0 saturated carbocycles. The maximum absolute atomic E-state index is 13.6. The first kappa shape index (κ1) is 13.4. The van der Waals surface area contributed by atoms with E-state index in [1.165, 1.54) is 0 Å². The summed E-state index contributed by atoms with van der Waals surface area (Å²) in [5, 5.41) is 0.564. The molecule has 0 radical (unpaired) electrons. The summed E-state index contributed by atoms with van der Waals surface area (Å²) in [7, 11) is 0. The predicted octanol–water partition coefficient (Wildman–Crippen LogP) is 4.71. The Morgan fingerprint density at radius 2 is 1.90 bits per heavy atom. The number of fused-ring (bicyclic) bond motifs is 1. The van der Waals surface area contributed by atoms with Crippen molar-refractivity contribution < 1.29 is 8.78 Å².